The van der Waals surface area contributed by atoms with E-state index in [4.69, 9.17) is 4.74 Å². The molecule has 6 nitrogen and oxygen atoms in total. The molecule has 0 aliphatic carbocycles. The molecule has 6 heteroatoms. The van der Waals surface area contributed by atoms with Crippen molar-refractivity contribution in [2.75, 3.05) is 7.05 Å². The summed E-state index contributed by atoms with van der Waals surface area (Å²) in [5, 5.41) is 13.1. The van der Waals surface area contributed by atoms with Gasteiger partial charge in [0.1, 0.15) is 0 Å². The fraction of sp³-hybridized carbons (Fsp3) is 0.300. The summed E-state index contributed by atoms with van der Waals surface area (Å²) in [5.74, 6) is -0.248. The SMILES string of the molecule is CNC(=O)[C@@H](C)Oc1ccccc1[N+](=O)[O-]. The predicted octanol–water partition coefficient (Wildman–Crippen LogP) is 1.11. The van der Waals surface area contributed by atoms with Crippen molar-refractivity contribution in [1.82, 2.24) is 5.32 Å². The van der Waals surface area contributed by atoms with Crippen molar-refractivity contribution < 1.29 is 14.5 Å². The van der Waals surface area contributed by atoms with Crippen molar-refractivity contribution in [3.05, 3.63) is 34.4 Å². The standard InChI is InChI=1S/C10H12N2O4/c1-7(10(13)11-2)16-9-6-4-3-5-8(9)12(14)15/h3-7H,1-2H3,(H,11,13)/t7-/m1/s1. The summed E-state index contributed by atoms with van der Waals surface area (Å²) in [7, 11) is 1.47. The number of carbonyl (C=O) groups excluding carboxylic acids is 1. The van der Waals surface area contributed by atoms with Crippen LogP contribution in [0.25, 0.3) is 0 Å². The highest BCUT2D eigenvalue weighted by Gasteiger charge is 2.19. The van der Waals surface area contributed by atoms with Crippen LogP contribution in [0.2, 0.25) is 0 Å². The molecule has 1 rings (SSSR count). The van der Waals surface area contributed by atoms with Crippen LogP contribution in [0.4, 0.5) is 5.69 Å². The second-order valence-electron chi connectivity index (χ2n) is 3.10. The maximum absolute atomic E-state index is 11.2. The number of hydrogen-bond acceptors (Lipinski definition) is 4. The van der Waals surface area contributed by atoms with Gasteiger partial charge in [-0.3, -0.25) is 14.9 Å². The molecule has 16 heavy (non-hydrogen) atoms. The minimum atomic E-state index is -0.772. The molecule has 0 radical (unpaired) electrons. The highest BCUT2D eigenvalue weighted by atomic mass is 16.6. The number of nitro groups is 1. The number of carbonyl (C=O) groups is 1. The number of nitrogens with one attached hydrogen (secondary N) is 1. The number of amides is 1. The molecule has 0 spiro atoms. The van der Waals surface area contributed by atoms with E-state index in [0.717, 1.165) is 0 Å². The summed E-state index contributed by atoms with van der Waals surface area (Å²) in [5.41, 5.74) is -0.154. The van der Waals surface area contributed by atoms with E-state index >= 15 is 0 Å². The number of para-hydroxylation sites is 2. The lowest BCUT2D eigenvalue weighted by Gasteiger charge is -2.12. The molecule has 0 fully saturated rings. The van der Waals surface area contributed by atoms with Crippen molar-refractivity contribution in [2.45, 2.75) is 13.0 Å². The lowest BCUT2D eigenvalue weighted by molar-refractivity contribution is -0.386. The van der Waals surface area contributed by atoms with Gasteiger partial charge in [-0.1, -0.05) is 12.1 Å². The van der Waals surface area contributed by atoms with E-state index in [0.29, 0.717) is 0 Å². The second-order valence-corrected chi connectivity index (χ2v) is 3.10. The Bertz CT molecular complexity index is 406. The zero-order valence-corrected chi connectivity index (χ0v) is 8.97. The Balaban J connectivity index is 2.88. The summed E-state index contributed by atoms with van der Waals surface area (Å²) >= 11 is 0. The summed E-state index contributed by atoms with van der Waals surface area (Å²) < 4.78 is 5.21. The minimum absolute atomic E-state index is 0.0867. The molecular weight excluding hydrogens is 212 g/mol. The summed E-state index contributed by atoms with van der Waals surface area (Å²) in [4.78, 5) is 21.3. The molecule has 1 aromatic rings. The maximum atomic E-state index is 11.2. The number of rotatable bonds is 4. The van der Waals surface area contributed by atoms with Gasteiger partial charge in [-0.2, -0.15) is 0 Å². The quantitative estimate of drug-likeness (QED) is 0.613. The minimum Gasteiger partial charge on any atom is -0.474 e. The van der Waals surface area contributed by atoms with E-state index in [-0.39, 0.29) is 17.3 Å². The average Bonchev–Trinajstić information content (AvgIpc) is 2.28. The van der Waals surface area contributed by atoms with Crippen molar-refractivity contribution in [1.29, 1.82) is 0 Å². The largest absolute Gasteiger partial charge is 0.474 e. The van der Waals surface area contributed by atoms with Gasteiger partial charge in [0.25, 0.3) is 5.91 Å². The van der Waals surface area contributed by atoms with Crippen molar-refractivity contribution >= 4 is 11.6 Å². The first-order valence-corrected chi connectivity index (χ1v) is 4.68. The van der Waals surface area contributed by atoms with Crippen LogP contribution in [0.5, 0.6) is 5.75 Å². The number of likely N-dealkylation sites (N-methyl/N-ethyl adjacent to an activating group) is 1. The third kappa shape index (κ3) is 2.69. The van der Waals surface area contributed by atoms with Gasteiger partial charge in [-0.25, -0.2) is 0 Å². The van der Waals surface area contributed by atoms with Crippen LogP contribution in [-0.2, 0) is 4.79 Å². The smallest absolute Gasteiger partial charge is 0.310 e. The van der Waals surface area contributed by atoms with Gasteiger partial charge in [0.15, 0.2) is 11.9 Å². The third-order valence-electron chi connectivity index (χ3n) is 1.98. The molecule has 0 aromatic heterocycles. The summed E-state index contributed by atoms with van der Waals surface area (Å²) in [6.07, 6.45) is -0.772. The Morgan fingerprint density at radius 2 is 2.12 bits per heavy atom. The number of nitro benzene ring substituents is 1. The van der Waals surface area contributed by atoms with E-state index in [1.807, 2.05) is 0 Å². The van der Waals surface area contributed by atoms with Gasteiger partial charge >= 0.3 is 5.69 Å². The number of ether oxygens (including phenoxy) is 1. The Kier molecular flexibility index (Phi) is 3.82. The van der Waals surface area contributed by atoms with Crippen LogP contribution in [-0.4, -0.2) is 24.0 Å². The molecule has 0 saturated carbocycles. The van der Waals surface area contributed by atoms with E-state index in [1.54, 1.807) is 6.07 Å². The molecule has 1 aromatic carbocycles. The fourth-order valence-electron chi connectivity index (χ4n) is 1.15. The predicted molar refractivity (Wildman–Crippen MR) is 57.3 cm³/mol. The first-order valence-electron chi connectivity index (χ1n) is 4.68. The molecule has 1 N–H and O–H groups in total. The Hall–Kier alpha value is -2.11. The molecule has 0 aliphatic rings. The van der Waals surface area contributed by atoms with Crippen LogP contribution in [0.15, 0.2) is 24.3 Å². The number of nitrogens with zero attached hydrogens (tertiary/aromatic N) is 1. The van der Waals surface area contributed by atoms with Crippen LogP contribution >= 0.6 is 0 Å². The van der Waals surface area contributed by atoms with E-state index in [1.165, 1.54) is 32.2 Å². The van der Waals surface area contributed by atoms with Gasteiger partial charge in [-0.05, 0) is 13.0 Å². The van der Waals surface area contributed by atoms with Crippen LogP contribution in [0.3, 0.4) is 0 Å². The molecule has 1 atom stereocenters. The monoisotopic (exact) mass is 224 g/mol. The topological polar surface area (TPSA) is 81.5 Å². The lowest BCUT2D eigenvalue weighted by Crippen LogP contribution is -2.33. The van der Waals surface area contributed by atoms with Crippen molar-refractivity contribution in [3.8, 4) is 5.75 Å². The zero-order valence-electron chi connectivity index (χ0n) is 8.97. The molecule has 1 amide bonds. The summed E-state index contributed by atoms with van der Waals surface area (Å²) in [6.45, 7) is 1.52. The molecule has 0 unspecified atom stereocenters. The van der Waals surface area contributed by atoms with E-state index in [9.17, 15) is 14.9 Å². The van der Waals surface area contributed by atoms with Crippen LogP contribution in [0.1, 0.15) is 6.92 Å². The second kappa shape index (κ2) is 5.11. The van der Waals surface area contributed by atoms with Gasteiger partial charge in [-0.15, -0.1) is 0 Å². The maximum Gasteiger partial charge on any atom is 0.310 e. The normalized spacial score (nSPS) is 11.6. The van der Waals surface area contributed by atoms with Crippen molar-refractivity contribution in [3.63, 3.8) is 0 Å². The van der Waals surface area contributed by atoms with E-state index in [2.05, 4.69) is 5.32 Å². The van der Waals surface area contributed by atoms with Crippen LogP contribution < -0.4 is 10.1 Å². The van der Waals surface area contributed by atoms with Gasteiger partial charge in [0.05, 0.1) is 4.92 Å². The zero-order chi connectivity index (χ0) is 12.1. The third-order valence-corrected chi connectivity index (χ3v) is 1.98. The first kappa shape index (κ1) is 12.0. The van der Waals surface area contributed by atoms with E-state index < -0.39 is 11.0 Å². The Labute approximate surface area is 92.4 Å². The molecule has 0 heterocycles. The molecule has 0 aliphatic heterocycles. The molecule has 86 valence electrons. The average molecular weight is 224 g/mol. The Morgan fingerprint density at radius 3 is 2.69 bits per heavy atom. The summed E-state index contributed by atoms with van der Waals surface area (Å²) in [6, 6.07) is 5.93. The van der Waals surface area contributed by atoms with Crippen molar-refractivity contribution in [2.24, 2.45) is 0 Å². The molecule has 0 saturated heterocycles. The number of hydrogen-bond donors (Lipinski definition) is 1. The number of benzene rings is 1. The fourth-order valence-corrected chi connectivity index (χ4v) is 1.15. The highest BCUT2D eigenvalue weighted by molar-refractivity contribution is 5.80. The van der Waals surface area contributed by atoms with Gasteiger partial charge in [0.2, 0.25) is 0 Å². The molecule has 0 bridgehead atoms. The Morgan fingerprint density at radius 1 is 1.50 bits per heavy atom. The highest BCUT2D eigenvalue weighted by Crippen LogP contribution is 2.26. The van der Waals surface area contributed by atoms with Gasteiger partial charge in [0, 0.05) is 13.1 Å². The first-order chi connectivity index (χ1) is 7.56. The van der Waals surface area contributed by atoms with Gasteiger partial charge < -0.3 is 10.1 Å². The van der Waals surface area contributed by atoms with Crippen LogP contribution in [0, 0.1) is 10.1 Å². The lowest BCUT2D eigenvalue weighted by atomic mass is 10.3. The molecular formula is C10H12N2O4.